The van der Waals surface area contributed by atoms with Crippen LogP contribution in [-0.2, 0) is 4.74 Å². The fraction of sp³-hybridized carbons (Fsp3) is 0.556. The maximum absolute atomic E-state index is 11.9. The van der Waals surface area contributed by atoms with Crippen molar-refractivity contribution in [2.75, 3.05) is 19.0 Å². The molecule has 0 aliphatic carbocycles. The fourth-order valence-electron chi connectivity index (χ4n) is 2.00. The minimum atomic E-state index is -0.542. The van der Waals surface area contributed by atoms with Gasteiger partial charge in [-0.05, 0) is 38.8 Å². The molecule has 0 saturated heterocycles. The zero-order chi connectivity index (χ0) is 19.0. The summed E-state index contributed by atoms with van der Waals surface area (Å²) in [5.41, 5.74) is 6.14. The first kappa shape index (κ1) is 24.3. The summed E-state index contributed by atoms with van der Waals surface area (Å²) in [7, 11) is 1.59. The van der Waals surface area contributed by atoms with Gasteiger partial charge in [-0.1, -0.05) is 26.0 Å². The molecule has 4 N–H and O–H groups in total. The molecule has 1 rings (SSSR count). The van der Waals surface area contributed by atoms with Gasteiger partial charge in [-0.2, -0.15) is 0 Å². The third-order valence-corrected chi connectivity index (χ3v) is 3.33. The van der Waals surface area contributed by atoms with Gasteiger partial charge in [0.15, 0.2) is 5.96 Å². The molecule has 1 atom stereocenters. The van der Waals surface area contributed by atoms with Gasteiger partial charge in [0.2, 0.25) is 0 Å². The van der Waals surface area contributed by atoms with Crippen molar-refractivity contribution in [3.8, 4) is 5.75 Å². The highest BCUT2D eigenvalue weighted by Gasteiger charge is 2.21. The number of aliphatic imine (C=N–C) groups is 1. The van der Waals surface area contributed by atoms with E-state index < -0.39 is 11.7 Å². The van der Waals surface area contributed by atoms with E-state index in [1.807, 2.05) is 58.9 Å². The van der Waals surface area contributed by atoms with Gasteiger partial charge in [0.25, 0.3) is 0 Å². The highest BCUT2D eigenvalue weighted by Crippen LogP contribution is 2.22. The minimum absolute atomic E-state index is 0. The van der Waals surface area contributed by atoms with Crippen molar-refractivity contribution < 1.29 is 14.3 Å². The molecule has 0 spiro atoms. The van der Waals surface area contributed by atoms with Crippen LogP contribution in [0.15, 0.2) is 29.3 Å². The minimum Gasteiger partial charge on any atom is -0.495 e. The predicted molar refractivity (Wildman–Crippen MR) is 117 cm³/mol. The van der Waals surface area contributed by atoms with Gasteiger partial charge in [0, 0.05) is 0 Å². The van der Waals surface area contributed by atoms with Crippen LogP contribution in [0.1, 0.15) is 34.6 Å². The summed E-state index contributed by atoms with van der Waals surface area (Å²) >= 11 is 0. The summed E-state index contributed by atoms with van der Waals surface area (Å²) in [6.07, 6.45) is -0.461. The van der Waals surface area contributed by atoms with E-state index in [0.717, 1.165) is 5.69 Å². The number of carbonyl (C=O) groups excluding carboxylic acids is 1. The number of carbonyl (C=O) groups is 1. The lowest BCUT2D eigenvalue weighted by Crippen LogP contribution is -2.44. The standard InChI is InChI=1S/C18H30N4O3.HI/c1-12(2)14(22-17(23)25-18(3,4)5)11-20-16(19)21-13-9-7-8-10-15(13)24-6;/h7-10,12,14H,11H2,1-6H3,(H,22,23)(H3,19,20,21);1H. The number of hydrogen-bond donors (Lipinski definition) is 3. The Kier molecular flexibility index (Phi) is 10.4. The lowest BCUT2D eigenvalue weighted by molar-refractivity contribution is 0.0493. The molecule has 0 saturated carbocycles. The summed E-state index contributed by atoms with van der Waals surface area (Å²) in [4.78, 5) is 16.3. The third-order valence-electron chi connectivity index (χ3n) is 3.33. The van der Waals surface area contributed by atoms with E-state index in [1.54, 1.807) is 7.11 Å². The van der Waals surface area contributed by atoms with Gasteiger partial charge < -0.3 is 25.8 Å². The van der Waals surface area contributed by atoms with Crippen molar-refractivity contribution in [1.29, 1.82) is 0 Å². The van der Waals surface area contributed by atoms with Crippen LogP contribution in [-0.4, -0.2) is 37.4 Å². The molecule has 148 valence electrons. The molecular weight excluding hydrogens is 447 g/mol. The number of anilines is 1. The average molecular weight is 478 g/mol. The van der Waals surface area contributed by atoms with E-state index in [2.05, 4.69) is 15.6 Å². The van der Waals surface area contributed by atoms with Gasteiger partial charge in [-0.25, -0.2) is 4.79 Å². The number of methoxy groups -OCH3 is 1. The summed E-state index contributed by atoms with van der Waals surface area (Å²) in [6, 6.07) is 7.24. The van der Waals surface area contributed by atoms with E-state index in [0.29, 0.717) is 12.3 Å². The lowest BCUT2D eigenvalue weighted by atomic mass is 10.1. The van der Waals surface area contributed by atoms with Crippen LogP contribution in [0.5, 0.6) is 5.75 Å². The first-order chi connectivity index (χ1) is 11.6. The number of alkyl carbamates (subject to hydrolysis) is 1. The Morgan fingerprint density at radius 3 is 2.42 bits per heavy atom. The SMILES string of the molecule is COc1ccccc1NC(N)=NCC(NC(=O)OC(C)(C)C)C(C)C.I. The zero-order valence-corrected chi connectivity index (χ0v) is 18.7. The Labute approximate surface area is 173 Å². The molecule has 1 amide bonds. The third kappa shape index (κ3) is 9.12. The summed E-state index contributed by atoms with van der Waals surface area (Å²) in [6.45, 7) is 9.81. The topological polar surface area (TPSA) is 98.0 Å². The normalized spacial score (nSPS) is 12.8. The van der Waals surface area contributed by atoms with Gasteiger partial charge in [0.1, 0.15) is 11.4 Å². The second kappa shape index (κ2) is 11.1. The zero-order valence-electron chi connectivity index (χ0n) is 16.3. The number of benzene rings is 1. The number of ether oxygens (including phenoxy) is 2. The molecule has 26 heavy (non-hydrogen) atoms. The van der Waals surface area contributed by atoms with Crippen molar-refractivity contribution in [3.05, 3.63) is 24.3 Å². The monoisotopic (exact) mass is 478 g/mol. The molecule has 0 aliphatic rings. The molecule has 1 aromatic rings. The van der Waals surface area contributed by atoms with Crippen molar-refractivity contribution in [2.24, 2.45) is 16.6 Å². The smallest absolute Gasteiger partial charge is 0.407 e. The summed E-state index contributed by atoms with van der Waals surface area (Å²) < 4.78 is 10.6. The van der Waals surface area contributed by atoms with Gasteiger partial charge in [0.05, 0.1) is 25.4 Å². The number of para-hydroxylation sites is 2. The maximum atomic E-state index is 11.9. The molecule has 1 aromatic carbocycles. The van der Waals surface area contributed by atoms with Gasteiger partial charge in [-0.15, -0.1) is 24.0 Å². The maximum Gasteiger partial charge on any atom is 0.407 e. The van der Waals surface area contributed by atoms with Gasteiger partial charge in [-0.3, -0.25) is 4.99 Å². The first-order valence-electron chi connectivity index (χ1n) is 8.32. The molecule has 0 aromatic heterocycles. The van der Waals surface area contributed by atoms with Crippen molar-refractivity contribution in [2.45, 2.75) is 46.3 Å². The number of rotatable bonds is 6. The van der Waals surface area contributed by atoms with Crippen molar-refractivity contribution >= 4 is 41.7 Å². The second-order valence-corrected chi connectivity index (χ2v) is 7.05. The number of halogens is 1. The summed E-state index contributed by atoms with van der Waals surface area (Å²) in [5.74, 6) is 1.10. The number of nitrogens with zero attached hydrogens (tertiary/aromatic N) is 1. The lowest BCUT2D eigenvalue weighted by Gasteiger charge is -2.25. The Morgan fingerprint density at radius 2 is 1.88 bits per heavy atom. The number of amides is 1. The Balaban J connectivity index is 0.00000625. The quantitative estimate of drug-likeness (QED) is 0.330. The second-order valence-electron chi connectivity index (χ2n) is 7.05. The van der Waals surface area contributed by atoms with Crippen LogP contribution < -0.4 is 21.1 Å². The highest BCUT2D eigenvalue weighted by atomic mass is 127. The number of guanidine groups is 1. The first-order valence-corrected chi connectivity index (χ1v) is 8.32. The Morgan fingerprint density at radius 1 is 1.27 bits per heavy atom. The molecule has 1 unspecified atom stereocenters. The molecule has 0 aliphatic heterocycles. The van der Waals surface area contributed by atoms with E-state index in [-0.39, 0.29) is 41.9 Å². The average Bonchev–Trinajstić information content (AvgIpc) is 2.49. The van der Waals surface area contributed by atoms with Crippen LogP contribution >= 0.6 is 24.0 Å². The van der Waals surface area contributed by atoms with E-state index in [9.17, 15) is 4.79 Å². The number of nitrogens with one attached hydrogen (secondary N) is 2. The molecule has 7 nitrogen and oxygen atoms in total. The van der Waals surface area contributed by atoms with E-state index >= 15 is 0 Å². The molecule has 0 heterocycles. The Bertz CT molecular complexity index is 600. The van der Waals surface area contributed by atoms with Gasteiger partial charge >= 0.3 is 6.09 Å². The van der Waals surface area contributed by atoms with Crippen LogP contribution in [0.2, 0.25) is 0 Å². The van der Waals surface area contributed by atoms with Crippen molar-refractivity contribution in [3.63, 3.8) is 0 Å². The van der Waals surface area contributed by atoms with E-state index in [4.69, 9.17) is 15.2 Å². The molecule has 0 fully saturated rings. The van der Waals surface area contributed by atoms with Crippen LogP contribution in [0, 0.1) is 5.92 Å². The number of nitrogens with two attached hydrogens (primary N) is 1. The number of hydrogen-bond acceptors (Lipinski definition) is 4. The van der Waals surface area contributed by atoms with Crippen LogP contribution in [0.4, 0.5) is 10.5 Å². The highest BCUT2D eigenvalue weighted by molar-refractivity contribution is 14.0. The van der Waals surface area contributed by atoms with Crippen molar-refractivity contribution in [1.82, 2.24) is 5.32 Å². The molecule has 8 heteroatoms. The molecule has 0 bridgehead atoms. The fourth-order valence-corrected chi connectivity index (χ4v) is 2.00. The summed E-state index contributed by atoms with van der Waals surface area (Å²) in [5, 5.41) is 5.84. The molecular formula is C18H31IN4O3. The largest absolute Gasteiger partial charge is 0.495 e. The molecule has 0 radical (unpaired) electrons. The predicted octanol–water partition coefficient (Wildman–Crippen LogP) is 3.59. The van der Waals surface area contributed by atoms with E-state index in [1.165, 1.54) is 0 Å². The van der Waals surface area contributed by atoms with Crippen LogP contribution in [0.3, 0.4) is 0 Å². The van der Waals surface area contributed by atoms with Crippen LogP contribution in [0.25, 0.3) is 0 Å². The Hall–Kier alpha value is -1.71.